The molecule has 2 aromatic heterocycles. The minimum atomic E-state index is -0.445. The molecule has 0 saturated carbocycles. The van der Waals surface area contributed by atoms with Crippen LogP contribution in [-0.4, -0.2) is 47.8 Å². The van der Waals surface area contributed by atoms with Crippen molar-refractivity contribution in [3.05, 3.63) is 72.2 Å². The van der Waals surface area contributed by atoms with Crippen LogP contribution in [0, 0.1) is 0 Å². The first-order chi connectivity index (χ1) is 15.5. The van der Waals surface area contributed by atoms with Gasteiger partial charge >= 0.3 is 5.97 Å². The predicted molar refractivity (Wildman–Crippen MR) is 117 cm³/mol. The van der Waals surface area contributed by atoms with Gasteiger partial charge in [0.05, 0.1) is 26.9 Å². The fraction of sp³-hybridized carbons (Fsp3) is 0.130. The zero-order chi connectivity index (χ0) is 22.7. The number of ether oxygens (including phenoxy) is 3. The molecule has 0 fully saturated rings. The molecule has 4 rings (SSSR count). The molecule has 0 unspecified atom stereocenters. The molecule has 32 heavy (non-hydrogen) atoms. The summed E-state index contributed by atoms with van der Waals surface area (Å²) in [6, 6.07) is 13.5. The van der Waals surface area contributed by atoms with Crippen molar-refractivity contribution >= 4 is 23.2 Å². The van der Waals surface area contributed by atoms with Crippen molar-refractivity contribution in [3.63, 3.8) is 0 Å². The molecule has 1 N–H and O–H groups in total. The summed E-state index contributed by atoms with van der Waals surface area (Å²) in [5.74, 6) is 0.389. The summed E-state index contributed by atoms with van der Waals surface area (Å²) >= 11 is 0. The Morgan fingerprint density at radius 2 is 1.66 bits per heavy atom. The number of benzene rings is 2. The molecule has 2 heterocycles. The number of carbonyl (C=O) groups is 2. The van der Waals surface area contributed by atoms with Gasteiger partial charge in [-0.05, 0) is 42.0 Å². The van der Waals surface area contributed by atoms with Crippen molar-refractivity contribution in [2.75, 3.05) is 26.6 Å². The van der Waals surface area contributed by atoms with Gasteiger partial charge in [0, 0.05) is 29.7 Å². The van der Waals surface area contributed by atoms with E-state index in [4.69, 9.17) is 9.47 Å². The lowest BCUT2D eigenvalue weighted by molar-refractivity contribution is 0.0600. The van der Waals surface area contributed by atoms with E-state index in [1.165, 1.54) is 7.11 Å². The summed E-state index contributed by atoms with van der Waals surface area (Å²) in [4.78, 5) is 28.6. The Morgan fingerprint density at radius 1 is 0.906 bits per heavy atom. The fourth-order valence-corrected chi connectivity index (χ4v) is 3.16. The summed E-state index contributed by atoms with van der Waals surface area (Å²) in [7, 11) is 4.46. The molecule has 0 aliphatic rings. The molecule has 9 heteroatoms. The Morgan fingerprint density at radius 3 is 2.34 bits per heavy atom. The molecule has 0 saturated heterocycles. The third kappa shape index (κ3) is 4.08. The smallest absolute Gasteiger partial charge is 0.337 e. The maximum absolute atomic E-state index is 12.6. The largest absolute Gasteiger partial charge is 0.493 e. The van der Waals surface area contributed by atoms with Gasteiger partial charge in [0.15, 0.2) is 22.8 Å². The Balaban J connectivity index is 1.56. The van der Waals surface area contributed by atoms with Crippen LogP contribution in [0.2, 0.25) is 0 Å². The zero-order valence-corrected chi connectivity index (χ0v) is 17.7. The molecule has 162 valence electrons. The number of carbonyl (C=O) groups excluding carboxylic acids is 2. The number of rotatable bonds is 6. The number of nitrogens with one attached hydrogen (secondary N) is 1. The molecule has 0 bridgehead atoms. The van der Waals surface area contributed by atoms with Gasteiger partial charge in [-0.25, -0.2) is 14.3 Å². The Kier molecular flexibility index (Phi) is 5.71. The molecule has 9 nitrogen and oxygen atoms in total. The van der Waals surface area contributed by atoms with Crippen LogP contribution in [0.5, 0.6) is 11.5 Å². The highest BCUT2D eigenvalue weighted by Crippen LogP contribution is 2.32. The molecular weight excluding hydrogens is 412 g/mol. The van der Waals surface area contributed by atoms with Crippen molar-refractivity contribution in [2.24, 2.45) is 0 Å². The number of methoxy groups -OCH3 is 3. The molecule has 0 radical (unpaired) electrons. The van der Waals surface area contributed by atoms with Crippen LogP contribution in [0.1, 0.15) is 20.8 Å². The number of esters is 1. The summed E-state index contributed by atoms with van der Waals surface area (Å²) in [6.07, 6.45) is 3.48. The first-order valence-electron chi connectivity index (χ1n) is 9.60. The van der Waals surface area contributed by atoms with Gasteiger partial charge in [0.25, 0.3) is 5.91 Å². The first-order valence-corrected chi connectivity index (χ1v) is 9.60. The molecule has 0 spiro atoms. The van der Waals surface area contributed by atoms with Crippen molar-refractivity contribution in [3.8, 4) is 22.6 Å². The van der Waals surface area contributed by atoms with E-state index in [1.807, 2.05) is 18.2 Å². The number of nitrogens with zero attached hydrogens (tertiary/aromatic N) is 3. The van der Waals surface area contributed by atoms with Crippen molar-refractivity contribution < 1.29 is 23.8 Å². The Bertz CT molecular complexity index is 1300. The van der Waals surface area contributed by atoms with Gasteiger partial charge in [-0.1, -0.05) is 6.07 Å². The third-order valence-electron chi connectivity index (χ3n) is 4.83. The first kappa shape index (κ1) is 20.9. The summed E-state index contributed by atoms with van der Waals surface area (Å²) in [6.45, 7) is 0. The summed E-state index contributed by atoms with van der Waals surface area (Å²) < 4.78 is 16.8. The number of anilines is 1. The van der Waals surface area contributed by atoms with Gasteiger partial charge in [0.2, 0.25) is 0 Å². The Hall–Kier alpha value is -4.40. The van der Waals surface area contributed by atoms with Crippen LogP contribution >= 0.6 is 0 Å². The minimum Gasteiger partial charge on any atom is -0.493 e. The maximum atomic E-state index is 12.6. The number of fused-ring (bicyclic) bond motifs is 1. The van der Waals surface area contributed by atoms with Crippen LogP contribution in [0.3, 0.4) is 0 Å². The highest BCUT2D eigenvalue weighted by atomic mass is 16.5. The van der Waals surface area contributed by atoms with Crippen molar-refractivity contribution in [1.82, 2.24) is 14.6 Å². The number of hydrogen-bond acceptors (Lipinski definition) is 7. The van der Waals surface area contributed by atoms with E-state index in [0.717, 1.165) is 11.1 Å². The minimum absolute atomic E-state index is 0.207. The van der Waals surface area contributed by atoms with Crippen LogP contribution in [-0.2, 0) is 4.74 Å². The molecule has 4 aromatic rings. The number of aromatic nitrogens is 3. The zero-order valence-electron chi connectivity index (χ0n) is 17.7. The SMILES string of the molecule is COC(=O)c1ccc(NC(=O)c2cc3ncc(-c4ccc(OC)c(OC)c4)cn3n2)cc1. The van der Waals surface area contributed by atoms with Gasteiger partial charge in [-0.3, -0.25) is 4.79 Å². The van der Waals surface area contributed by atoms with Crippen LogP contribution in [0.25, 0.3) is 16.8 Å². The Labute approximate surface area is 183 Å². The van der Waals surface area contributed by atoms with E-state index in [1.54, 1.807) is 61.5 Å². The topological polar surface area (TPSA) is 104 Å². The van der Waals surface area contributed by atoms with E-state index >= 15 is 0 Å². The summed E-state index contributed by atoms with van der Waals surface area (Å²) in [5.41, 5.74) is 3.32. The van der Waals surface area contributed by atoms with Gasteiger partial charge < -0.3 is 19.5 Å². The normalized spacial score (nSPS) is 10.6. The quantitative estimate of drug-likeness (QED) is 0.465. The third-order valence-corrected chi connectivity index (χ3v) is 4.83. The van der Waals surface area contributed by atoms with Gasteiger partial charge in [-0.15, -0.1) is 0 Å². The highest BCUT2D eigenvalue weighted by Gasteiger charge is 2.14. The van der Waals surface area contributed by atoms with Crippen LogP contribution in [0.4, 0.5) is 5.69 Å². The average Bonchev–Trinajstić information content (AvgIpc) is 3.27. The van der Waals surface area contributed by atoms with Gasteiger partial charge in [0.1, 0.15) is 0 Å². The second kappa shape index (κ2) is 8.76. The fourth-order valence-electron chi connectivity index (χ4n) is 3.16. The van der Waals surface area contributed by atoms with Crippen LogP contribution < -0.4 is 14.8 Å². The molecule has 2 aromatic carbocycles. The number of hydrogen-bond donors (Lipinski definition) is 1. The van der Waals surface area contributed by atoms with E-state index < -0.39 is 11.9 Å². The van der Waals surface area contributed by atoms with E-state index in [0.29, 0.717) is 28.4 Å². The predicted octanol–water partition coefficient (Wildman–Crippen LogP) is 3.45. The van der Waals surface area contributed by atoms with E-state index in [-0.39, 0.29) is 5.69 Å². The molecule has 0 aliphatic carbocycles. The monoisotopic (exact) mass is 432 g/mol. The second-order valence-electron chi connectivity index (χ2n) is 6.77. The average molecular weight is 432 g/mol. The highest BCUT2D eigenvalue weighted by molar-refractivity contribution is 6.03. The lowest BCUT2D eigenvalue weighted by Gasteiger charge is -2.09. The lowest BCUT2D eigenvalue weighted by Crippen LogP contribution is -2.13. The lowest BCUT2D eigenvalue weighted by atomic mass is 10.1. The van der Waals surface area contributed by atoms with Crippen LogP contribution in [0.15, 0.2) is 60.9 Å². The molecule has 0 aliphatic heterocycles. The number of amides is 1. The molecule has 1 amide bonds. The van der Waals surface area contributed by atoms with E-state index in [9.17, 15) is 9.59 Å². The molecule has 0 atom stereocenters. The van der Waals surface area contributed by atoms with Crippen molar-refractivity contribution in [1.29, 1.82) is 0 Å². The standard InChI is InChI=1S/C23H20N4O5/c1-30-19-9-6-15(10-20(19)31-2)16-12-24-21-11-18(26-27(21)13-16)22(28)25-17-7-4-14(5-8-17)23(29)32-3/h4-13H,1-3H3,(H,25,28). The second-order valence-corrected chi connectivity index (χ2v) is 6.77. The maximum Gasteiger partial charge on any atom is 0.337 e. The molecular formula is C23H20N4O5. The van der Waals surface area contributed by atoms with E-state index in [2.05, 4.69) is 20.1 Å². The van der Waals surface area contributed by atoms with Crippen molar-refractivity contribution in [2.45, 2.75) is 0 Å². The van der Waals surface area contributed by atoms with Gasteiger partial charge in [-0.2, -0.15) is 5.10 Å². The summed E-state index contributed by atoms with van der Waals surface area (Å²) in [5, 5.41) is 7.09.